The maximum atomic E-state index is 12.5. The van der Waals surface area contributed by atoms with Crippen molar-refractivity contribution in [3.8, 4) is 0 Å². The van der Waals surface area contributed by atoms with E-state index in [4.69, 9.17) is 0 Å². The summed E-state index contributed by atoms with van der Waals surface area (Å²) in [5.74, 6) is 0.292. The SMILES string of the molecule is CCc1ccc(Nc2nc(C)cc(C(=O)NCCC3=CCCCC3)n2)cc1. The molecule has 0 atom stereocenters. The molecule has 0 aliphatic heterocycles. The Labute approximate surface area is 161 Å². The lowest BCUT2D eigenvalue weighted by molar-refractivity contribution is 0.0949. The molecule has 1 heterocycles. The molecule has 1 aliphatic carbocycles. The van der Waals surface area contributed by atoms with Crippen LogP contribution in [0.5, 0.6) is 0 Å². The van der Waals surface area contributed by atoms with Gasteiger partial charge in [-0.2, -0.15) is 0 Å². The van der Waals surface area contributed by atoms with Gasteiger partial charge in [0.15, 0.2) is 0 Å². The Morgan fingerprint density at radius 1 is 1.15 bits per heavy atom. The lowest BCUT2D eigenvalue weighted by Gasteiger charge is -2.13. The van der Waals surface area contributed by atoms with Gasteiger partial charge in [0.2, 0.25) is 5.95 Å². The number of anilines is 2. The van der Waals surface area contributed by atoms with Crippen LogP contribution < -0.4 is 10.6 Å². The van der Waals surface area contributed by atoms with E-state index >= 15 is 0 Å². The zero-order chi connectivity index (χ0) is 19.1. The molecule has 27 heavy (non-hydrogen) atoms. The third-order valence-electron chi connectivity index (χ3n) is 4.82. The molecule has 0 bridgehead atoms. The number of hydrogen-bond donors (Lipinski definition) is 2. The first-order valence-corrected chi connectivity index (χ1v) is 9.82. The molecule has 1 aromatic heterocycles. The standard InChI is InChI=1S/C22H28N4O/c1-3-17-9-11-19(12-10-17)25-22-24-16(2)15-20(26-22)21(27)23-14-13-18-7-5-4-6-8-18/h7,9-12,15H,3-6,8,13-14H2,1-2H3,(H,23,27)(H,24,25,26). The van der Waals surface area contributed by atoms with Crippen molar-refractivity contribution in [2.75, 3.05) is 11.9 Å². The highest BCUT2D eigenvalue weighted by atomic mass is 16.1. The summed E-state index contributed by atoms with van der Waals surface area (Å²) in [5, 5.41) is 6.17. The van der Waals surface area contributed by atoms with Crippen molar-refractivity contribution < 1.29 is 4.79 Å². The van der Waals surface area contributed by atoms with Crippen molar-refractivity contribution in [3.63, 3.8) is 0 Å². The Morgan fingerprint density at radius 2 is 1.96 bits per heavy atom. The first-order chi connectivity index (χ1) is 13.1. The Kier molecular flexibility index (Phi) is 6.58. The summed E-state index contributed by atoms with van der Waals surface area (Å²) in [6, 6.07) is 9.88. The molecular formula is C22H28N4O. The molecule has 142 valence electrons. The Bertz CT molecular complexity index is 812. The predicted octanol–water partition coefficient (Wildman–Crippen LogP) is 4.71. The number of carbonyl (C=O) groups is 1. The Hall–Kier alpha value is -2.69. The Balaban J connectivity index is 1.61. The van der Waals surface area contributed by atoms with Crippen molar-refractivity contribution in [3.05, 3.63) is 58.9 Å². The number of carbonyl (C=O) groups excluding carboxylic acids is 1. The van der Waals surface area contributed by atoms with Crippen LogP contribution in [0.1, 0.15) is 60.8 Å². The first kappa shape index (κ1) is 19.1. The van der Waals surface area contributed by atoms with Crippen LogP contribution in [0, 0.1) is 6.92 Å². The van der Waals surface area contributed by atoms with Crippen molar-refractivity contribution in [2.24, 2.45) is 0 Å². The topological polar surface area (TPSA) is 66.9 Å². The molecule has 5 nitrogen and oxygen atoms in total. The summed E-state index contributed by atoms with van der Waals surface area (Å²) >= 11 is 0. The quantitative estimate of drug-likeness (QED) is 0.698. The molecule has 0 saturated heterocycles. The van der Waals surface area contributed by atoms with Crippen molar-refractivity contribution in [1.29, 1.82) is 0 Å². The monoisotopic (exact) mass is 364 g/mol. The van der Waals surface area contributed by atoms with Crippen LogP contribution in [0.2, 0.25) is 0 Å². The van der Waals surface area contributed by atoms with E-state index in [2.05, 4.69) is 45.7 Å². The molecule has 0 unspecified atom stereocenters. The summed E-state index contributed by atoms with van der Waals surface area (Å²) < 4.78 is 0. The van der Waals surface area contributed by atoms with Gasteiger partial charge >= 0.3 is 0 Å². The lowest BCUT2D eigenvalue weighted by Crippen LogP contribution is -2.26. The van der Waals surface area contributed by atoms with E-state index in [1.165, 1.54) is 30.4 Å². The molecule has 5 heteroatoms. The van der Waals surface area contributed by atoms with Gasteiger partial charge in [0.1, 0.15) is 5.69 Å². The number of nitrogens with one attached hydrogen (secondary N) is 2. The van der Waals surface area contributed by atoms with Crippen LogP contribution in [0.3, 0.4) is 0 Å². The highest BCUT2D eigenvalue weighted by Gasteiger charge is 2.11. The van der Waals surface area contributed by atoms with E-state index in [9.17, 15) is 4.79 Å². The summed E-state index contributed by atoms with van der Waals surface area (Å²) in [5.41, 5.74) is 4.80. The number of benzene rings is 1. The second kappa shape index (κ2) is 9.31. The minimum absolute atomic E-state index is 0.152. The maximum Gasteiger partial charge on any atom is 0.270 e. The van der Waals surface area contributed by atoms with Gasteiger partial charge in [-0.15, -0.1) is 0 Å². The molecule has 3 rings (SSSR count). The largest absolute Gasteiger partial charge is 0.350 e. The van der Waals surface area contributed by atoms with E-state index < -0.39 is 0 Å². The molecule has 2 aromatic rings. The number of hydrogen-bond acceptors (Lipinski definition) is 4. The van der Waals surface area contributed by atoms with E-state index in [1.807, 2.05) is 19.1 Å². The smallest absolute Gasteiger partial charge is 0.270 e. The molecular weight excluding hydrogens is 336 g/mol. The van der Waals surface area contributed by atoms with Crippen LogP contribution in [0.25, 0.3) is 0 Å². The number of rotatable bonds is 7. The lowest BCUT2D eigenvalue weighted by atomic mass is 9.97. The van der Waals surface area contributed by atoms with Gasteiger partial charge in [0.25, 0.3) is 5.91 Å². The predicted molar refractivity (Wildman–Crippen MR) is 109 cm³/mol. The number of aryl methyl sites for hydroxylation is 2. The highest BCUT2D eigenvalue weighted by Crippen LogP contribution is 2.19. The second-order valence-electron chi connectivity index (χ2n) is 7.01. The molecule has 1 aromatic carbocycles. The molecule has 1 aliphatic rings. The van der Waals surface area contributed by atoms with Crippen LogP contribution in [-0.2, 0) is 6.42 Å². The van der Waals surface area contributed by atoms with Gasteiger partial charge in [-0.25, -0.2) is 9.97 Å². The fraction of sp³-hybridized carbons (Fsp3) is 0.409. The average molecular weight is 364 g/mol. The summed E-state index contributed by atoms with van der Waals surface area (Å²) in [6.45, 7) is 4.65. The van der Waals surface area contributed by atoms with E-state index in [0.717, 1.165) is 30.6 Å². The number of allylic oxidation sites excluding steroid dienone is 1. The van der Waals surface area contributed by atoms with E-state index in [0.29, 0.717) is 18.2 Å². The zero-order valence-electron chi connectivity index (χ0n) is 16.2. The number of aromatic nitrogens is 2. The summed E-state index contributed by atoms with van der Waals surface area (Å²) in [4.78, 5) is 21.3. The van der Waals surface area contributed by atoms with E-state index in [-0.39, 0.29) is 5.91 Å². The van der Waals surface area contributed by atoms with Gasteiger partial charge in [-0.05, 0) is 69.2 Å². The first-order valence-electron chi connectivity index (χ1n) is 9.82. The second-order valence-corrected chi connectivity index (χ2v) is 7.01. The highest BCUT2D eigenvalue weighted by molar-refractivity contribution is 5.92. The molecule has 2 N–H and O–H groups in total. The van der Waals surface area contributed by atoms with Gasteiger partial charge in [0, 0.05) is 17.9 Å². The molecule has 0 saturated carbocycles. The summed E-state index contributed by atoms with van der Waals surface area (Å²) in [7, 11) is 0. The van der Waals surface area contributed by atoms with Crippen LogP contribution in [0.4, 0.5) is 11.6 Å². The van der Waals surface area contributed by atoms with Crippen molar-refractivity contribution >= 4 is 17.5 Å². The molecule has 0 radical (unpaired) electrons. The number of amides is 1. The third-order valence-corrected chi connectivity index (χ3v) is 4.82. The molecule has 0 fully saturated rings. The van der Waals surface area contributed by atoms with Crippen molar-refractivity contribution in [2.45, 2.75) is 52.4 Å². The van der Waals surface area contributed by atoms with Gasteiger partial charge in [-0.1, -0.05) is 30.7 Å². The fourth-order valence-corrected chi connectivity index (χ4v) is 3.25. The third kappa shape index (κ3) is 5.64. The fourth-order valence-electron chi connectivity index (χ4n) is 3.25. The van der Waals surface area contributed by atoms with Gasteiger partial charge in [0.05, 0.1) is 0 Å². The number of nitrogens with zero attached hydrogens (tertiary/aromatic N) is 2. The van der Waals surface area contributed by atoms with Crippen LogP contribution in [-0.4, -0.2) is 22.4 Å². The zero-order valence-corrected chi connectivity index (χ0v) is 16.2. The minimum atomic E-state index is -0.152. The van der Waals surface area contributed by atoms with Gasteiger partial charge < -0.3 is 10.6 Å². The maximum absolute atomic E-state index is 12.5. The van der Waals surface area contributed by atoms with Crippen molar-refractivity contribution in [1.82, 2.24) is 15.3 Å². The van der Waals surface area contributed by atoms with E-state index in [1.54, 1.807) is 6.07 Å². The van der Waals surface area contributed by atoms with Crippen LogP contribution in [0.15, 0.2) is 42.0 Å². The normalized spacial score (nSPS) is 13.8. The van der Waals surface area contributed by atoms with Gasteiger partial charge in [-0.3, -0.25) is 4.79 Å². The Morgan fingerprint density at radius 3 is 2.67 bits per heavy atom. The van der Waals surface area contributed by atoms with Crippen LogP contribution >= 0.6 is 0 Å². The minimum Gasteiger partial charge on any atom is -0.350 e. The molecule has 1 amide bonds. The average Bonchev–Trinajstić information content (AvgIpc) is 2.69. The molecule has 0 spiro atoms. The summed E-state index contributed by atoms with van der Waals surface area (Å²) in [6.07, 6.45) is 9.12.